The molecule has 1 aromatic rings. The molecule has 0 aromatic heterocycles. The van der Waals surface area contributed by atoms with Crippen molar-refractivity contribution in [2.75, 3.05) is 20.2 Å². The average molecular weight is 782 g/mol. The number of nitrogens with zero attached hydrogens (tertiary/aromatic N) is 2. The van der Waals surface area contributed by atoms with E-state index in [0.29, 0.717) is 59.5 Å². The molecule has 5 rings (SSSR count). The van der Waals surface area contributed by atoms with Crippen LogP contribution in [0, 0.1) is 29.6 Å². The van der Waals surface area contributed by atoms with E-state index in [1.54, 1.807) is 6.07 Å². The van der Waals surface area contributed by atoms with Crippen LogP contribution in [0.1, 0.15) is 75.7 Å². The number of rotatable bonds is 14. The number of phenolic OH excluding ortho intramolecular Hbond substituents is 1. The predicted octanol–water partition coefficient (Wildman–Crippen LogP) is 4.85. The number of aliphatic carboxylic acids is 2. The van der Waals surface area contributed by atoms with Crippen molar-refractivity contribution in [2.45, 2.75) is 70.1 Å². The van der Waals surface area contributed by atoms with Crippen LogP contribution in [0.2, 0.25) is 0 Å². The molecule has 4 amide bonds. The number of benzene rings is 1. The molecule has 0 unspecified atom stereocenters. The zero-order chi connectivity index (χ0) is 34.2. The van der Waals surface area contributed by atoms with E-state index in [1.165, 1.54) is 16.9 Å². The monoisotopic (exact) mass is 780 g/mol. The van der Waals surface area contributed by atoms with Crippen molar-refractivity contribution in [3.8, 4) is 11.5 Å². The number of amides is 4. The first-order chi connectivity index (χ1) is 22.4. The van der Waals surface area contributed by atoms with Gasteiger partial charge in [-0.3, -0.25) is 38.6 Å². The Morgan fingerprint density at radius 2 is 1.34 bits per heavy atom. The molecule has 4 aliphatic rings. The third-order valence-corrected chi connectivity index (χ3v) is 12.3. The number of fused-ring (bicyclic) bond motifs is 4. The molecule has 2 aliphatic carbocycles. The molecule has 2 aliphatic heterocycles. The minimum atomic E-state index is -0.904. The number of aromatic hydroxyl groups is 1. The molecular weight excluding hydrogens is 744 g/mol. The lowest BCUT2D eigenvalue weighted by Gasteiger charge is -2.44. The van der Waals surface area contributed by atoms with E-state index in [4.69, 9.17) is 14.9 Å². The summed E-state index contributed by atoms with van der Waals surface area (Å²) in [5, 5.41) is 28.6. The zero-order valence-electron chi connectivity index (χ0n) is 26.0. The van der Waals surface area contributed by atoms with Crippen LogP contribution < -0.4 is 4.74 Å². The van der Waals surface area contributed by atoms with Crippen molar-refractivity contribution in [1.29, 1.82) is 0 Å². The van der Waals surface area contributed by atoms with Crippen LogP contribution in [0.25, 0.3) is 0 Å². The quantitative estimate of drug-likeness (QED) is 0.134. The number of halogens is 2. The Bertz CT molecular complexity index is 1530. The number of carbonyl (C=O) groups is 6. The Morgan fingerprint density at radius 1 is 0.787 bits per heavy atom. The summed E-state index contributed by atoms with van der Waals surface area (Å²) in [4.78, 5) is 79.9. The van der Waals surface area contributed by atoms with Gasteiger partial charge >= 0.3 is 11.9 Å². The number of phenols is 1. The number of carbonyl (C=O) groups excluding carboxylic acids is 4. The van der Waals surface area contributed by atoms with Crippen LogP contribution in [0.5, 0.6) is 11.5 Å². The number of likely N-dealkylation sites (tertiary alicyclic amines) is 2. The fraction of sp³-hybridized carbons (Fsp3) is 0.576. The van der Waals surface area contributed by atoms with E-state index >= 15 is 0 Å². The summed E-state index contributed by atoms with van der Waals surface area (Å²) in [5.41, 5.74) is 1.41. The highest BCUT2D eigenvalue weighted by molar-refractivity contribution is 9.13. The van der Waals surface area contributed by atoms with Gasteiger partial charge in [0.1, 0.15) is 0 Å². The molecule has 3 N–H and O–H groups in total. The fourth-order valence-electron chi connectivity index (χ4n) is 7.95. The summed E-state index contributed by atoms with van der Waals surface area (Å²) in [6.45, 7) is 0.353. The molecular formula is C33H38Br2N2O10. The van der Waals surface area contributed by atoms with Crippen LogP contribution in [-0.2, 0) is 28.8 Å². The second-order valence-electron chi connectivity index (χ2n) is 12.7. The lowest BCUT2D eigenvalue weighted by Crippen LogP contribution is -2.43. The topological polar surface area (TPSA) is 179 Å². The van der Waals surface area contributed by atoms with Gasteiger partial charge in [0.05, 0.1) is 35.3 Å². The molecule has 0 bridgehead atoms. The maximum atomic E-state index is 14.1. The first kappa shape index (κ1) is 35.1. The molecule has 1 saturated carbocycles. The highest BCUT2D eigenvalue weighted by Crippen LogP contribution is 2.60. The third kappa shape index (κ3) is 6.59. The molecule has 3 fully saturated rings. The molecule has 14 heteroatoms. The zero-order valence-corrected chi connectivity index (χ0v) is 29.1. The summed E-state index contributed by atoms with van der Waals surface area (Å²) in [5.74, 6) is -6.96. The van der Waals surface area contributed by atoms with Gasteiger partial charge in [-0.1, -0.05) is 24.5 Å². The van der Waals surface area contributed by atoms with Crippen molar-refractivity contribution in [3.05, 3.63) is 32.2 Å². The number of imide groups is 2. The number of allylic oxidation sites excluding steroid dienone is 2. The molecule has 2 heterocycles. The number of carboxylic acids is 2. The standard InChI is InChI=1S/C33H38Br2N2O10/c1-47-21-15-19(27(34)28(35)29(21)42)24-16-10-11-17-25(32(45)36(30(17)43)12-6-2-4-8-22(38)39)18(16)14-20-26(24)33(46)37(31(20)44)13-7-3-5-9-23(40)41/h10,15,17-18,20,24-26,42H,2-9,11-14H2,1H3,(H,38,39)(H,40,41)/t17-,18+,20+,24+,25-,26+/m0/s1. The summed E-state index contributed by atoms with van der Waals surface area (Å²) < 4.78 is 6.23. The number of methoxy groups -OCH3 is 1. The van der Waals surface area contributed by atoms with Gasteiger partial charge in [-0.2, -0.15) is 0 Å². The molecule has 0 spiro atoms. The summed E-state index contributed by atoms with van der Waals surface area (Å²) in [6.07, 6.45) is 5.43. The van der Waals surface area contributed by atoms with Crippen molar-refractivity contribution >= 4 is 67.4 Å². The maximum Gasteiger partial charge on any atom is 0.303 e. The lowest BCUT2D eigenvalue weighted by molar-refractivity contribution is -0.142. The SMILES string of the molecule is COc1cc([C@H]2C3=CC[C@@H]4C(=O)N(CCCCCC(=O)O)C(=O)[C@@H]4[C@@H]3C[C@H]3C(=O)N(CCCCCC(=O)O)C(=O)[C@@H]23)c(Br)c(Br)c1O. The van der Waals surface area contributed by atoms with Gasteiger partial charge in [0.25, 0.3) is 0 Å². The van der Waals surface area contributed by atoms with E-state index in [-0.39, 0.29) is 67.5 Å². The Balaban J connectivity index is 1.48. The van der Waals surface area contributed by atoms with Crippen LogP contribution in [0.4, 0.5) is 0 Å². The summed E-state index contributed by atoms with van der Waals surface area (Å²) in [7, 11) is 1.41. The highest BCUT2D eigenvalue weighted by atomic mass is 79.9. The second kappa shape index (κ2) is 14.5. The number of hydrogen-bond donors (Lipinski definition) is 3. The number of unbranched alkanes of at least 4 members (excludes halogenated alkanes) is 4. The molecule has 6 atom stereocenters. The number of carboxylic acid groups (broad SMARTS) is 2. The first-order valence-electron chi connectivity index (χ1n) is 16.0. The van der Waals surface area contributed by atoms with E-state index in [9.17, 15) is 33.9 Å². The molecule has 0 radical (unpaired) electrons. The van der Waals surface area contributed by atoms with Gasteiger partial charge in [0.15, 0.2) is 11.5 Å². The third-order valence-electron chi connectivity index (χ3n) is 10.1. The Morgan fingerprint density at radius 3 is 1.89 bits per heavy atom. The Kier molecular flexibility index (Phi) is 10.8. The van der Waals surface area contributed by atoms with E-state index in [0.717, 1.165) is 5.57 Å². The van der Waals surface area contributed by atoms with Gasteiger partial charge in [-0.05, 0) is 87.9 Å². The van der Waals surface area contributed by atoms with E-state index < -0.39 is 47.4 Å². The van der Waals surface area contributed by atoms with Gasteiger partial charge < -0.3 is 20.1 Å². The molecule has 12 nitrogen and oxygen atoms in total. The van der Waals surface area contributed by atoms with Crippen LogP contribution in [0.15, 0.2) is 26.7 Å². The predicted molar refractivity (Wildman–Crippen MR) is 173 cm³/mol. The number of ether oxygens (including phenoxy) is 1. The minimum Gasteiger partial charge on any atom is -0.503 e. The molecule has 2 saturated heterocycles. The summed E-state index contributed by atoms with van der Waals surface area (Å²) in [6, 6.07) is 1.64. The average Bonchev–Trinajstić information content (AvgIpc) is 3.42. The van der Waals surface area contributed by atoms with Crippen LogP contribution in [-0.4, -0.2) is 80.9 Å². The Hall–Kier alpha value is -3.26. The molecule has 47 heavy (non-hydrogen) atoms. The fourth-order valence-corrected chi connectivity index (χ4v) is 8.92. The maximum absolute atomic E-state index is 14.1. The van der Waals surface area contributed by atoms with E-state index in [2.05, 4.69) is 31.9 Å². The largest absolute Gasteiger partial charge is 0.503 e. The van der Waals surface area contributed by atoms with Gasteiger partial charge in [0.2, 0.25) is 23.6 Å². The van der Waals surface area contributed by atoms with Gasteiger partial charge in [-0.15, -0.1) is 0 Å². The second-order valence-corrected chi connectivity index (χ2v) is 14.3. The highest BCUT2D eigenvalue weighted by Gasteiger charge is 2.62. The number of hydrogen-bond acceptors (Lipinski definition) is 8. The molecule has 1 aromatic carbocycles. The van der Waals surface area contributed by atoms with Gasteiger partial charge in [0, 0.05) is 36.3 Å². The first-order valence-corrected chi connectivity index (χ1v) is 17.6. The van der Waals surface area contributed by atoms with Crippen molar-refractivity contribution in [2.24, 2.45) is 29.6 Å². The van der Waals surface area contributed by atoms with Crippen molar-refractivity contribution in [1.82, 2.24) is 9.80 Å². The lowest BCUT2D eigenvalue weighted by atomic mass is 9.57. The normalized spacial score (nSPS) is 26.7. The van der Waals surface area contributed by atoms with E-state index in [1.807, 2.05) is 6.08 Å². The van der Waals surface area contributed by atoms with Crippen LogP contribution >= 0.6 is 31.9 Å². The van der Waals surface area contributed by atoms with Gasteiger partial charge in [-0.25, -0.2) is 0 Å². The minimum absolute atomic E-state index is 0.00526. The van der Waals surface area contributed by atoms with Crippen LogP contribution in [0.3, 0.4) is 0 Å². The Labute approximate surface area is 288 Å². The molecule has 254 valence electrons. The summed E-state index contributed by atoms with van der Waals surface area (Å²) >= 11 is 7.01. The smallest absolute Gasteiger partial charge is 0.303 e. The van der Waals surface area contributed by atoms with Crippen molar-refractivity contribution in [3.63, 3.8) is 0 Å². The van der Waals surface area contributed by atoms with Crippen molar-refractivity contribution < 1.29 is 48.8 Å².